The minimum Gasteiger partial charge on any atom is -0.493 e. The van der Waals surface area contributed by atoms with Crippen LogP contribution in [0.2, 0.25) is 5.02 Å². The predicted octanol–water partition coefficient (Wildman–Crippen LogP) is 3.94. The lowest BCUT2D eigenvalue weighted by Gasteiger charge is -2.16. The van der Waals surface area contributed by atoms with Crippen molar-refractivity contribution in [3.8, 4) is 11.5 Å². The highest BCUT2D eigenvalue weighted by molar-refractivity contribution is 6.32. The molecular formula is C17H19ClO3. The molecule has 0 aliphatic heterocycles. The molecule has 0 radical (unpaired) electrons. The van der Waals surface area contributed by atoms with E-state index < -0.39 is 6.10 Å². The van der Waals surface area contributed by atoms with Crippen LogP contribution in [0.1, 0.15) is 22.8 Å². The highest BCUT2D eigenvalue weighted by Gasteiger charge is 2.16. The third-order valence-electron chi connectivity index (χ3n) is 3.52. The van der Waals surface area contributed by atoms with Crippen LogP contribution in [-0.2, 0) is 6.42 Å². The van der Waals surface area contributed by atoms with Gasteiger partial charge in [-0.15, -0.1) is 0 Å². The first-order chi connectivity index (χ1) is 10.1. The molecule has 21 heavy (non-hydrogen) atoms. The standard InChI is InChI=1S/C17H19ClO3/c1-11-6-4-5-7-12(11)9-15(19)13-8-14(18)17(21-3)16(10-13)20-2/h4-8,10,15,19H,9H2,1-3H3. The minimum absolute atomic E-state index is 0.427. The van der Waals surface area contributed by atoms with Crippen LogP contribution in [0.3, 0.4) is 0 Å². The summed E-state index contributed by atoms with van der Waals surface area (Å²) in [5, 5.41) is 10.9. The van der Waals surface area contributed by atoms with Gasteiger partial charge in [-0.2, -0.15) is 0 Å². The van der Waals surface area contributed by atoms with Crippen LogP contribution in [0.5, 0.6) is 11.5 Å². The number of ether oxygens (including phenoxy) is 2. The van der Waals surface area contributed by atoms with E-state index >= 15 is 0 Å². The maximum absolute atomic E-state index is 10.5. The van der Waals surface area contributed by atoms with E-state index in [4.69, 9.17) is 21.1 Å². The third kappa shape index (κ3) is 3.49. The zero-order valence-electron chi connectivity index (χ0n) is 12.4. The molecule has 0 bridgehead atoms. The lowest BCUT2D eigenvalue weighted by atomic mass is 9.98. The van der Waals surface area contributed by atoms with Crippen molar-refractivity contribution in [1.82, 2.24) is 0 Å². The van der Waals surface area contributed by atoms with E-state index in [0.717, 1.165) is 11.1 Å². The number of hydrogen-bond donors (Lipinski definition) is 1. The van der Waals surface area contributed by atoms with Crippen molar-refractivity contribution in [2.75, 3.05) is 14.2 Å². The van der Waals surface area contributed by atoms with Crippen molar-refractivity contribution < 1.29 is 14.6 Å². The van der Waals surface area contributed by atoms with Crippen molar-refractivity contribution >= 4 is 11.6 Å². The average Bonchev–Trinajstić information content (AvgIpc) is 2.48. The van der Waals surface area contributed by atoms with Gasteiger partial charge in [-0.3, -0.25) is 0 Å². The van der Waals surface area contributed by atoms with Crippen LogP contribution in [0, 0.1) is 6.92 Å². The number of aryl methyl sites for hydroxylation is 1. The van der Waals surface area contributed by atoms with Gasteiger partial charge >= 0.3 is 0 Å². The summed E-state index contributed by atoms with van der Waals surface area (Å²) in [5.41, 5.74) is 2.97. The first kappa shape index (κ1) is 15.7. The Labute approximate surface area is 130 Å². The molecule has 0 amide bonds. The molecule has 0 fully saturated rings. The van der Waals surface area contributed by atoms with Crippen molar-refractivity contribution in [2.24, 2.45) is 0 Å². The zero-order valence-corrected chi connectivity index (χ0v) is 13.1. The van der Waals surface area contributed by atoms with Gasteiger partial charge in [0.25, 0.3) is 0 Å². The lowest BCUT2D eigenvalue weighted by Crippen LogP contribution is -2.04. The fourth-order valence-corrected chi connectivity index (χ4v) is 2.59. The zero-order chi connectivity index (χ0) is 15.4. The molecule has 3 nitrogen and oxygen atoms in total. The molecule has 0 saturated heterocycles. The highest BCUT2D eigenvalue weighted by Crippen LogP contribution is 2.38. The van der Waals surface area contributed by atoms with Crippen LogP contribution in [0.15, 0.2) is 36.4 Å². The largest absolute Gasteiger partial charge is 0.493 e. The van der Waals surface area contributed by atoms with E-state index in [0.29, 0.717) is 28.5 Å². The molecule has 2 aromatic rings. The Morgan fingerprint density at radius 2 is 1.86 bits per heavy atom. The van der Waals surface area contributed by atoms with E-state index in [1.54, 1.807) is 19.2 Å². The molecule has 112 valence electrons. The van der Waals surface area contributed by atoms with Gasteiger partial charge in [0.1, 0.15) is 0 Å². The SMILES string of the molecule is COc1cc(C(O)Cc2ccccc2C)cc(Cl)c1OC. The summed E-state index contributed by atoms with van der Waals surface area (Å²) >= 11 is 6.18. The average molecular weight is 307 g/mol. The molecule has 1 N–H and O–H groups in total. The van der Waals surface area contributed by atoms with Gasteiger partial charge in [0.05, 0.1) is 25.3 Å². The van der Waals surface area contributed by atoms with E-state index in [1.807, 2.05) is 31.2 Å². The van der Waals surface area contributed by atoms with Crippen LogP contribution in [-0.4, -0.2) is 19.3 Å². The van der Waals surface area contributed by atoms with E-state index in [-0.39, 0.29) is 0 Å². The number of benzene rings is 2. The summed E-state index contributed by atoms with van der Waals surface area (Å²) in [6.07, 6.45) is -0.123. The summed E-state index contributed by atoms with van der Waals surface area (Å²) in [4.78, 5) is 0. The molecule has 0 spiro atoms. The predicted molar refractivity (Wildman–Crippen MR) is 84.4 cm³/mol. The molecule has 0 aromatic heterocycles. The fourth-order valence-electron chi connectivity index (χ4n) is 2.30. The van der Waals surface area contributed by atoms with Crippen molar-refractivity contribution in [3.05, 3.63) is 58.1 Å². The number of methoxy groups -OCH3 is 2. The summed E-state index contributed by atoms with van der Waals surface area (Å²) in [6, 6.07) is 11.5. The number of halogens is 1. The number of aliphatic hydroxyl groups is 1. The molecule has 2 aromatic carbocycles. The van der Waals surface area contributed by atoms with Gasteiger partial charge in [-0.1, -0.05) is 35.9 Å². The summed E-state index contributed by atoms with van der Waals surface area (Å²) < 4.78 is 10.5. The van der Waals surface area contributed by atoms with Crippen LogP contribution in [0.25, 0.3) is 0 Å². The Bertz CT molecular complexity index is 625. The summed E-state index contributed by atoms with van der Waals surface area (Å²) in [5.74, 6) is 0.995. The van der Waals surface area contributed by atoms with Gasteiger partial charge in [0, 0.05) is 6.42 Å². The normalized spacial score (nSPS) is 12.0. The topological polar surface area (TPSA) is 38.7 Å². The van der Waals surface area contributed by atoms with E-state index in [9.17, 15) is 5.11 Å². The number of rotatable bonds is 5. The van der Waals surface area contributed by atoms with Crippen LogP contribution >= 0.6 is 11.6 Å². The molecule has 0 aliphatic rings. The monoisotopic (exact) mass is 306 g/mol. The van der Waals surface area contributed by atoms with Crippen LogP contribution < -0.4 is 9.47 Å². The van der Waals surface area contributed by atoms with Gasteiger partial charge in [0.2, 0.25) is 0 Å². The second kappa shape index (κ2) is 6.83. The van der Waals surface area contributed by atoms with Crippen LogP contribution in [0.4, 0.5) is 0 Å². The Hall–Kier alpha value is -1.71. The van der Waals surface area contributed by atoms with Gasteiger partial charge < -0.3 is 14.6 Å². The molecule has 0 aliphatic carbocycles. The Morgan fingerprint density at radius 3 is 2.48 bits per heavy atom. The third-order valence-corrected chi connectivity index (χ3v) is 3.80. The number of hydrogen-bond acceptors (Lipinski definition) is 3. The molecule has 2 rings (SSSR count). The molecule has 0 heterocycles. The first-order valence-corrected chi connectivity index (χ1v) is 7.08. The molecule has 4 heteroatoms. The van der Waals surface area contributed by atoms with Crippen molar-refractivity contribution in [3.63, 3.8) is 0 Å². The summed E-state index contributed by atoms with van der Waals surface area (Å²) in [7, 11) is 3.08. The first-order valence-electron chi connectivity index (χ1n) is 6.70. The second-order valence-corrected chi connectivity index (χ2v) is 5.29. The Morgan fingerprint density at radius 1 is 1.14 bits per heavy atom. The second-order valence-electron chi connectivity index (χ2n) is 4.88. The number of aliphatic hydroxyl groups excluding tert-OH is 1. The quantitative estimate of drug-likeness (QED) is 0.909. The van der Waals surface area contributed by atoms with Crippen molar-refractivity contribution in [2.45, 2.75) is 19.4 Å². The Kier molecular flexibility index (Phi) is 5.10. The molecule has 0 saturated carbocycles. The van der Waals surface area contributed by atoms with E-state index in [2.05, 4.69) is 0 Å². The van der Waals surface area contributed by atoms with Crippen molar-refractivity contribution in [1.29, 1.82) is 0 Å². The van der Waals surface area contributed by atoms with Gasteiger partial charge in [-0.05, 0) is 35.7 Å². The minimum atomic E-state index is -0.650. The Balaban J connectivity index is 2.29. The summed E-state index contributed by atoms with van der Waals surface area (Å²) in [6.45, 7) is 2.03. The molecule has 1 atom stereocenters. The van der Waals surface area contributed by atoms with Gasteiger partial charge in [0.15, 0.2) is 11.5 Å². The molecule has 1 unspecified atom stereocenters. The highest BCUT2D eigenvalue weighted by atomic mass is 35.5. The molecular weight excluding hydrogens is 288 g/mol. The van der Waals surface area contributed by atoms with Gasteiger partial charge in [-0.25, -0.2) is 0 Å². The maximum atomic E-state index is 10.5. The van der Waals surface area contributed by atoms with E-state index in [1.165, 1.54) is 7.11 Å². The lowest BCUT2D eigenvalue weighted by molar-refractivity contribution is 0.177. The fraction of sp³-hybridized carbons (Fsp3) is 0.294. The smallest absolute Gasteiger partial charge is 0.179 e. The maximum Gasteiger partial charge on any atom is 0.179 e.